The van der Waals surface area contributed by atoms with Crippen molar-refractivity contribution in [3.05, 3.63) is 72.6 Å². The van der Waals surface area contributed by atoms with Crippen molar-refractivity contribution in [3.63, 3.8) is 0 Å². The Balaban J connectivity index is 1.58. The van der Waals surface area contributed by atoms with Crippen molar-refractivity contribution < 1.29 is 31.0 Å². The number of nitrogens with one attached hydrogen (secondary N) is 2. The van der Waals surface area contributed by atoms with Gasteiger partial charge in [-0.2, -0.15) is 4.98 Å². The highest BCUT2D eigenvalue weighted by Crippen LogP contribution is 2.35. The number of anilines is 1. The third kappa shape index (κ3) is 9.09. The van der Waals surface area contributed by atoms with Crippen LogP contribution in [-0.4, -0.2) is 62.8 Å². The molecule has 0 unspecified atom stereocenters. The van der Waals surface area contributed by atoms with Gasteiger partial charge in [-0.05, 0) is 54.7 Å². The van der Waals surface area contributed by atoms with Crippen LogP contribution in [0.4, 0.5) is 5.82 Å². The molecule has 240 valence electrons. The molecule has 0 aliphatic carbocycles. The molecule has 0 spiro atoms. The molecule has 13 nitrogen and oxygen atoms in total. The summed E-state index contributed by atoms with van der Waals surface area (Å²) in [5, 5.41) is 0. The molecule has 15 heteroatoms. The van der Waals surface area contributed by atoms with E-state index in [9.17, 15) is 16.8 Å². The van der Waals surface area contributed by atoms with Crippen LogP contribution in [0, 0.1) is 0 Å². The van der Waals surface area contributed by atoms with Gasteiger partial charge < -0.3 is 14.2 Å². The van der Waals surface area contributed by atoms with Crippen LogP contribution < -0.4 is 23.7 Å². The fourth-order valence-corrected chi connectivity index (χ4v) is 5.54. The maximum Gasteiger partial charge on any atom is 0.263 e. The van der Waals surface area contributed by atoms with E-state index in [4.69, 9.17) is 14.2 Å². The fraction of sp³-hybridized carbons (Fsp3) is 0.333. The summed E-state index contributed by atoms with van der Waals surface area (Å²) < 4.78 is 71.9. The average molecular weight is 657 g/mol. The summed E-state index contributed by atoms with van der Waals surface area (Å²) in [6, 6.07) is 15.1. The van der Waals surface area contributed by atoms with Gasteiger partial charge in [0.05, 0.1) is 30.6 Å². The molecule has 0 amide bonds. The van der Waals surface area contributed by atoms with E-state index < -0.39 is 20.0 Å². The monoisotopic (exact) mass is 656 g/mol. The Morgan fingerprint density at radius 3 is 2.20 bits per heavy atom. The molecule has 0 aliphatic rings. The zero-order chi connectivity index (χ0) is 32.7. The zero-order valence-corrected chi connectivity index (χ0v) is 27.3. The van der Waals surface area contributed by atoms with Crippen molar-refractivity contribution in [2.75, 3.05) is 30.7 Å². The first-order chi connectivity index (χ1) is 21.3. The Morgan fingerprint density at radius 1 is 0.844 bits per heavy atom. The number of rotatable bonds is 14. The van der Waals surface area contributed by atoms with E-state index in [2.05, 4.69) is 29.4 Å². The van der Waals surface area contributed by atoms with Crippen LogP contribution in [-0.2, 0) is 25.5 Å². The van der Waals surface area contributed by atoms with E-state index in [1.54, 1.807) is 55.5 Å². The number of hydrogen-bond acceptors (Lipinski definition) is 11. The second-order valence-corrected chi connectivity index (χ2v) is 14.5. The number of benzene rings is 2. The molecule has 2 N–H and O–H groups in total. The molecule has 4 rings (SSSR count). The van der Waals surface area contributed by atoms with Crippen LogP contribution >= 0.6 is 0 Å². The first-order valence-corrected chi connectivity index (χ1v) is 17.2. The lowest BCUT2D eigenvalue weighted by molar-refractivity contribution is 0.282. The first kappa shape index (κ1) is 33.6. The maximum absolute atomic E-state index is 13.1. The smallest absolute Gasteiger partial charge is 0.263 e. The topological polar surface area (TPSA) is 172 Å². The van der Waals surface area contributed by atoms with E-state index in [-0.39, 0.29) is 58.3 Å². The summed E-state index contributed by atoms with van der Waals surface area (Å²) in [5.74, 6) is 1.12. The molecule has 4 aromatic rings. The van der Waals surface area contributed by atoms with E-state index in [0.717, 1.165) is 5.56 Å². The standard InChI is InChI=1S/C30H36N6O7S2/c1-6-44(37,38)33-17-9-19-42-29-25(43-24-11-8-7-10-23(24)41-5)20-32-28(35-29)27-31-18-16-26(34-27)36-45(39,40)22-14-12-21(13-15-22)30(2,3)4/h7-8,10-16,18,20,33H,6,9,17,19H2,1-5H3,(H,31,34,36). The van der Waals surface area contributed by atoms with Gasteiger partial charge in [-0.25, -0.2) is 36.5 Å². The Hall–Kier alpha value is -4.34. The molecular formula is C30H36N6O7S2. The van der Waals surface area contributed by atoms with Crippen molar-refractivity contribution in [2.24, 2.45) is 0 Å². The predicted octanol–water partition coefficient (Wildman–Crippen LogP) is 4.54. The quantitative estimate of drug-likeness (QED) is 0.183. The molecule has 45 heavy (non-hydrogen) atoms. The van der Waals surface area contributed by atoms with Gasteiger partial charge in [-0.3, -0.25) is 4.72 Å². The van der Waals surface area contributed by atoms with Crippen molar-refractivity contribution >= 4 is 25.9 Å². The third-order valence-electron chi connectivity index (χ3n) is 6.40. The van der Waals surface area contributed by atoms with Gasteiger partial charge >= 0.3 is 0 Å². The zero-order valence-electron chi connectivity index (χ0n) is 25.6. The van der Waals surface area contributed by atoms with E-state index in [1.807, 2.05) is 20.8 Å². The first-order valence-electron chi connectivity index (χ1n) is 14.1. The SMILES string of the molecule is CCS(=O)(=O)NCCCOc1nc(-c2nccc(NS(=O)(=O)c3ccc(C(C)(C)C)cc3)n2)ncc1Oc1ccccc1OC. The second kappa shape index (κ2) is 14.2. The van der Waals surface area contributed by atoms with Gasteiger partial charge in [-0.15, -0.1) is 0 Å². The third-order valence-corrected chi connectivity index (χ3v) is 9.17. The molecule has 0 fully saturated rings. The van der Waals surface area contributed by atoms with Gasteiger partial charge in [-0.1, -0.05) is 45.0 Å². The molecule has 0 bridgehead atoms. The van der Waals surface area contributed by atoms with Gasteiger partial charge in [0.2, 0.25) is 21.6 Å². The Bertz CT molecular complexity index is 1830. The minimum Gasteiger partial charge on any atom is -0.493 e. The van der Waals surface area contributed by atoms with Crippen LogP contribution in [0.2, 0.25) is 0 Å². The number of aromatic nitrogens is 4. The number of para-hydroxylation sites is 2. The normalized spacial score (nSPS) is 12.0. The minimum absolute atomic E-state index is 0.0172. The lowest BCUT2D eigenvalue weighted by Gasteiger charge is -2.19. The molecule has 0 aliphatic heterocycles. The Labute approximate surface area is 263 Å². The lowest BCUT2D eigenvalue weighted by atomic mass is 9.87. The van der Waals surface area contributed by atoms with Gasteiger partial charge in [0, 0.05) is 12.7 Å². The van der Waals surface area contributed by atoms with Gasteiger partial charge in [0.15, 0.2) is 17.3 Å². The maximum atomic E-state index is 13.1. The molecule has 2 aromatic heterocycles. The summed E-state index contributed by atoms with van der Waals surface area (Å²) >= 11 is 0. The van der Waals surface area contributed by atoms with Crippen molar-refractivity contribution in [1.29, 1.82) is 0 Å². The summed E-state index contributed by atoms with van der Waals surface area (Å²) in [7, 11) is -5.78. The van der Waals surface area contributed by atoms with Crippen LogP contribution in [0.5, 0.6) is 23.1 Å². The number of sulfonamides is 2. The molecule has 0 saturated carbocycles. The Morgan fingerprint density at radius 2 is 1.53 bits per heavy atom. The lowest BCUT2D eigenvalue weighted by Crippen LogP contribution is -2.27. The Kier molecular flexibility index (Phi) is 10.6. The van der Waals surface area contributed by atoms with E-state index in [1.165, 1.54) is 25.6 Å². The minimum atomic E-state index is -3.95. The molecule has 2 aromatic carbocycles. The van der Waals surface area contributed by atoms with E-state index in [0.29, 0.717) is 17.9 Å². The molecule has 0 atom stereocenters. The highest BCUT2D eigenvalue weighted by Gasteiger charge is 2.20. The van der Waals surface area contributed by atoms with Gasteiger partial charge in [0.1, 0.15) is 5.82 Å². The van der Waals surface area contributed by atoms with Crippen LogP contribution in [0.3, 0.4) is 0 Å². The number of ether oxygens (including phenoxy) is 3. The number of nitrogens with zero attached hydrogens (tertiary/aromatic N) is 4. The molecule has 2 heterocycles. The summed E-state index contributed by atoms with van der Waals surface area (Å²) in [6.07, 6.45) is 3.10. The largest absolute Gasteiger partial charge is 0.493 e. The second-order valence-electron chi connectivity index (χ2n) is 10.8. The van der Waals surface area contributed by atoms with Crippen molar-refractivity contribution in [2.45, 2.75) is 44.4 Å². The average Bonchev–Trinajstić information content (AvgIpc) is 3.01. The van der Waals surface area contributed by atoms with Crippen LogP contribution in [0.25, 0.3) is 11.6 Å². The van der Waals surface area contributed by atoms with Crippen molar-refractivity contribution in [3.8, 4) is 34.8 Å². The predicted molar refractivity (Wildman–Crippen MR) is 170 cm³/mol. The summed E-state index contributed by atoms with van der Waals surface area (Å²) in [4.78, 5) is 17.4. The molecule has 0 saturated heterocycles. The summed E-state index contributed by atoms with van der Waals surface area (Å²) in [6.45, 7) is 7.95. The summed E-state index contributed by atoms with van der Waals surface area (Å²) in [5.41, 5.74) is 0.876. The highest BCUT2D eigenvalue weighted by atomic mass is 32.2. The van der Waals surface area contributed by atoms with Gasteiger partial charge in [0.25, 0.3) is 15.9 Å². The number of hydrogen-bond donors (Lipinski definition) is 2. The van der Waals surface area contributed by atoms with Crippen LogP contribution in [0.15, 0.2) is 71.9 Å². The van der Waals surface area contributed by atoms with Crippen molar-refractivity contribution in [1.82, 2.24) is 24.7 Å². The molecular weight excluding hydrogens is 620 g/mol. The molecule has 0 radical (unpaired) electrons. The fourth-order valence-electron chi connectivity index (χ4n) is 3.88. The van der Waals surface area contributed by atoms with Crippen LogP contribution in [0.1, 0.15) is 39.7 Å². The number of methoxy groups -OCH3 is 1. The van der Waals surface area contributed by atoms with E-state index >= 15 is 0 Å². The highest BCUT2D eigenvalue weighted by molar-refractivity contribution is 7.92.